The van der Waals surface area contributed by atoms with Gasteiger partial charge >= 0.3 is 0 Å². The number of nitrogens with one attached hydrogen (secondary N) is 1. The smallest absolute Gasteiger partial charge is 0.255 e. The number of rotatable bonds is 6. The molecule has 2 aromatic heterocycles. The van der Waals surface area contributed by atoms with Gasteiger partial charge in [-0.2, -0.15) is 0 Å². The number of hydrogen-bond acceptors (Lipinski definition) is 4. The van der Waals surface area contributed by atoms with Gasteiger partial charge in [0.15, 0.2) is 0 Å². The Morgan fingerprint density at radius 1 is 1.15 bits per heavy atom. The standard InChI is InChI=1S/C21H25N5O/c1-15-16(2)22-9-8-19(15)24-21(27)18-7-5-6-17(12-18)13-25(3)14-20-23-10-11-26(20)4/h5-12H,13-14H2,1-4H3,(H,22,24,27). The number of carbonyl (C=O) groups is 1. The molecule has 0 radical (unpaired) electrons. The van der Waals surface area contributed by atoms with E-state index in [1.165, 1.54) is 0 Å². The van der Waals surface area contributed by atoms with Crippen LogP contribution in [0.2, 0.25) is 0 Å². The second-order valence-corrected chi connectivity index (χ2v) is 6.85. The van der Waals surface area contributed by atoms with E-state index in [4.69, 9.17) is 0 Å². The quantitative estimate of drug-likeness (QED) is 0.730. The summed E-state index contributed by atoms with van der Waals surface area (Å²) in [5.74, 6) is 0.896. The molecule has 0 fully saturated rings. The van der Waals surface area contributed by atoms with Crippen molar-refractivity contribution in [1.82, 2.24) is 19.4 Å². The third-order valence-corrected chi connectivity index (χ3v) is 4.68. The molecule has 0 saturated carbocycles. The maximum absolute atomic E-state index is 12.7. The highest BCUT2D eigenvalue weighted by Gasteiger charge is 2.11. The highest BCUT2D eigenvalue weighted by atomic mass is 16.1. The van der Waals surface area contributed by atoms with E-state index in [0.29, 0.717) is 5.56 Å². The van der Waals surface area contributed by atoms with Crippen LogP contribution in [-0.2, 0) is 20.1 Å². The second-order valence-electron chi connectivity index (χ2n) is 6.85. The van der Waals surface area contributed by atoms with Crippen molar-refractivity contribution in [1.29, 1.82) is 0 Å². The number of hydrogen-bond donors (Lipinski definition) is 1. The third-order valence-electron chi connectivity index (χ3n) is 4.68. The van der Waals surface area contributed by atoms with E-state index < -0.39 is 0 Å². The summed E-state index contributed by atoms with van der Waals surface area (Å²) < 4.78 is 2.01. The normalized spacial score (nSPS) is 11.0. The lowest BCUT2D eigenvalue weighted by molar-refractivity contribution is 0.102. The third kappa shape index (κ3) is 4.60. The second kappa shape index (κ2) is 8.14. The molecule has 6 heteroatoms. The summed E-state index contributed by atoms with van der Waals surface area (Å²) in [6.45, 7) is 5.38. The number of aryl methyl sites for hydroxylation is 2. The number of carbonyl (C=O) groups excluding carboxylic acids is 1. The number of pyridine rings is 1. The highest BCUT2D eigenvalue weighted by molar-refractivity contribution is 6.04. The number of imidazole rings is 1. The van der Waals surface area contributed by atoms with Gasteiger partial charge in [0, 0.05) is 49.1 Å². The summed E-state index contributed by atoms with van der Waals surface area (Å²) in [5, 5.41) is 2.99. The van der Waals surface area contributed by atoms with Crippen LogP contribution in [0.25, 0.3) is 0 Å². The molecule has 1 amide bonds. The first-order valence-corrected chi connectivity index (χ1v) is 8.91. The summed E-state index contributed by atoms with van der Waals surface area (Å²) >= 11 is 0. The Hall–Kier alpha value is -2.99. The molecule has 1 aromatic carbocycles. The van der Waals surface area contributed by atoms with E-state index in [1.807, 2.05) is 69.0 Å². The van der Waals surface area contributed by atoms with Crippen LogP contribution in [0, 0.1) is 13.8 Å². The van der Waals surface area contributed by atoms with Crippen LogP contribution < -0.4 is 5.32 Å². The maximum Gasteiger partial charge on any atom is 0.255 e. The Kier molecular flexibility index (Phi) is 5.66. The molecular weight excluding hydrogens is 338 g/mol. The largest absolute Gasteiger partial charge is 0.337 e. The molecule has 0 bridgehead atoms. The monoisotopic (exact) mass is 363 g/mol. The molecule has 3 aromatic rings. The Balaban J connectivity index is 1.68. The van der Waals surface area contributed by atoms with E-state index in [-0.39, 0.29) is 5.91 Å². The van der Waals surface area contributed by atoms with Crippen molar-refractivity contribution >= 4 is 11.6 Å². The van der Waals surface area contributed by atoms with E-state index in [0.717, 1.165) is 41.4 Å². The zero-order valence-electron chi connectivity index (χ0n) is 16.2. The molecule has 140 valence electrons. The predicted molar refractivity (Wildman–Crippen MR) is 106 cm³/mol. The van der Waals surface area contributed by atoms with Crippen LogP contribution in [0.5, 0.6) is 0 Å². The first kappa shape index (κ1) is 18.8. The lowest BCUT2D eigenvalue weighted by atomic mass is 10.1. The average molecular weight is 363 g/mol. The topological polar surface area (TPSA) is 63.1 Å². The Morgan fingerprint density at radius 3 is 2.70 bits per heavy atom. The number of aromatic nitrogens is 3. The molecule has 0 aliphatic rings. The summed E-state index contributed by atoms with van der Waals surface area (Å²) in [6.07, 6.45) is 5.45. The van der Waals surface area contributed by atoms with Gasteiger partial charge in [-0.25, -0.2) is 4.98 Å². The first-order chi connectivity index (χ1) is 12.9. The molecule has 0 spiro atoms. The minimum absolute atomic E-state index is 0.114. The molecule has 2 heterocycles. The number of anilines is 1. The van der Waals surface area contributed by atoms with Gasteiger partial charge in [-0.1, -0.05) is 12.1 Å². The molecule has 0 aliphatic carbocycles. The zero-order valence-corrected chi connectivity index (χ0v) is 16.2. The minimum atomic E-state index is -0.114. The fourth-order valence-corrected chi connectivity index (χ4v) is 2.94. The minimum Gasteiger partial charge on any atom is -0.337 e. The van der Waals surface area contributed by atoms with Gasteiger partial charge in [0.05, 0.1) is 6.54 Å². The molecule has 0 saturated heterocycles. The molecule has 27 heavy (non-hydrogen) atoms. The number of amides is 1. The van der Waals surface area contributed by atoms with Gasteiger partial charge in [0.1, 0.15) is 5.82 Å². The van der Waals surface area contributed by atoms with Crippen molar-refractivity contribution in [2.75, 3.05) is 12.4 Å². The van der Waals surface area contributed by atoms with Gasteiger partial charge in [-0.15, -0.1) is 0 Å². The van der Waals surface area contributed by atoms with Crippen molar-refractivity contribution in [3.8, 4) is 0 Å². The molecule has 0 aliphatic heterocycles. The van der Waals surface area contributed by atoms with Crippen LogP contribution in [0.1, 0.15) is 33.0 Å². The van der Waals surface area contributed by atoms with E-state index in [9.17, 15) is 4.79 Å². The van der Waals surface area contributed by atoms with Crippen LogP contribution in [0.3, 0.4) is 0 Å². The van der Waals surface area contributed by atoms with Gasteiger partial charge < -0.3 is 9.88 Å². The maximum atomic E-state index is 12.7. The summed E-state index contributed by atoms with van der Waals surface area (Å²) in [6, 6.07) is 9.55. The molecule has 3 rings (SSSR count). The van der Waals surface area contributed by atoms with E-state index >= 15 is 0 Å². The lowest BCUT2D eigenvalue weighted by Gasteiger charge is -2.17. The van der Waals surface area contributed by atoms with Crippen LogP contribution in [0.4, 0.5) is 5.69 Å². The molecule has 0 unspecified atom stereocenters. The average Bonchev–Trinajstić information content (AvgIpc) is 3.03. The van der Waals surface area contributed by atoms with Crippen molar-refractivity contribution in [3.63, 3.8) is 0 Å². The van der Waals surface area contributed by atoms with Crippen molar-refractivity contribution < 1.29 is 4.79 Å². The van der Waals surface area contributed by atoms with Gasteiger partial charge in [0.2, 0.25) is 0 Å². The summed E-state index contributed by atoms with van der Waals surface area (Å²) in [7, 11) is 4.04. The summed E-state index contributed by atoms with van der Waals surface area (Å²) in [5.41, 5.74) is 4.42. The Bertz CT molecular complexity index is 947. The zero-order chi connectivity index (χ0) is 19.4. The van der Waals surface area contributed by atoms with Crippen LogP contribution in [-0.4, -0.2) is 32.4 Å². The predicted octanol–water partition coefficient (Wildman–Crippen LogP) is 3.32. The van der Waals surface area contributed by atoms with E-state index in [2.05, 4.69) is 20.2 Å². The number of benzene rings is 1. The first-order valence-electron chi connectivity index (χ1n) is 8.91. The lowest BCUT2D eigenvalue weighted by Crippen LogP contribution is -2.20. The van der Waals surface area contributed by atoms with Gasteiger partial charge in [0.25, 0.3) is 5.91 Å². The van der Waals surface area contributed by atoms with Gasteiger partial charge in [-0.3, -0.25) is 14.7 Å². The Labute approximate surface area is 159 Å². The van der Waals surface area contributed by atoms with E-state index in [1.54, 1.807) is 12.4 Å². The van der Waals surface area contributed by atoms with Gasteiger partial charge in [-0.05, 0) is 50.2 Å². The van der Waals surface area contributed by atoms with Crippen LogP contribution >= 0.6 is 0 Å². The highest BCUT2D eigenvalue weighted by Crippen LogP contribution is 2.18. The fourth-order valence-electron chi connectivity index (χ4n) is 2.94. The van der Waals surface area contributed by atoms with Crippen molar-refractivity contribution in [2.45, 2.75) is 26.9 Å². The Morgan fingerprint density at radius 2 is 1.96 bits per heavy atom. The number of nitrogens with zero attached hydrogens (tertiary/aromatic N) is 4. The molecule has 0 atom stereocenters. The van der Waals surface area contributed by atoms with Crippen molar-refractivity contribution in [2.24, 2.45) is 7.05 Å². The molecule has 1 N–H and O–H groups in total. The van der Waals surface area contributed by atoms with Crippen LogP contribution in [0.15, 0.2) is 48.9 Å². The SMILES string of the molecule is Cc1nccc(NC(=O)c2cccc(CN(C)Cc3nccn3C)c2)c1C. The fraction of sp³-hybridized carbons (Fsp3) is 0.286. The molecule has 6 nitrogen and oxygen atoms in total. The summed E-state index contributed by atoms with van der Waals surface area (Å²) in [4.78, 5) is 23.4. The molecular formula is C21H25N5O. The van der Waals surface area contributed by atoms with Crippen molar-refractivity contribution in [3.05, 3.63) is 77.1 Å².